The molecule has 0 fully saturated rings. The minimum absolute atomic E-state index is 0.0736. The van der Waals surface area contributed by atoms with Gasteiger partial charge in [0.2, 0.25) is 5.91 Å². The van der Waals surface area contributed by atoms with Gasteiger partial charge in [0, 0.05) is 11.4 Å². The van der Waals surface area contributed by atoms with Crippen LogP contribution in [0.25, 0.3) is 0 Å². The van der Waals surface area contributed by atoms with Gasteiger partial charge < -0.3 is 11.1 Å². The van der Waals surface area contributed by atoms with Gasteiger partial charge in [-0.3, -0.25) is 9.48 Å². The number of nitrogens with zero attached hydrogens (tertiary/aromatic N) is 4. The average molecular weight is 291 g/mol. The van der Waals surface area contributed by atoms with Gasteiger partial charge in [-0.15, -0.1) is 5.10 Å². The van der Waals surface area contributed by atoms with Crippen LogP contribution in [-0.4, -0.2) is 20.7 Å². The smallest absolute Gasteiger partial charge is 0.252 e. The largest absolute Gasteiger partial charge is 0.397 e. The standard InChI is InChI=1S/C12H11ClN6O/c13-8-1-2-9(15)10(5-8)17-12(20)3-4-19-7-16-11(6-14)18-19/h1-2,5,7H,3-4,15H2,(H,17,20). The number of nitriles is 1. The Hall–Kier alpha value is -2.59. The fraction of sp³-hybridized carbons (Fsp3) is 0.167. The first-order chi connectivity index (χ1) is 9.58. The topological polar surface area (TPSA) is 110 Å². The number of rotatable bonds is 4. The van der Waals surface area contributed by atoms with Crippen molar-refractivity contribution in [1.29, 1.82) is 5.26 Å². The summed E-state index contributed by atoms with van der Waals surface area (Å²) in [6.07, 6.45) is 1.58. The molecule has 0 bridgehead atoms. The van der Waals surface area contributed by atoms with Crippen LogP contribution in [-0.2, 0) is 11.3 Å². The molecule has 1 aromatic carbocycles. The SMILES string of the molecule is N#Cc1ncn(CCC(=O)Nc2cc(Cl)ccc2N)n1. The predicted molar refractivity (Wildman–Crippen MR) is 73.8 cm³/mol. The lowest BCUT2D eigenvalue weighted by atomic mass is 10.2. The Labute approximate surface area is 120 Å². The van der Waals surface area contributed by atoms with Crippen LogP contribution in [0.2, 0.25) is 5.02 Å². The lowest BCUT2D eigenvalue weighted by Crippen LogP contribution is -2.15. The summed E-state index contributed by atoms with van der Waals surface area (Å²) in [5.74, 6) is -0.155. The second-order valence-electron chi connectivity index (χ2n) is 3.97. The average Bonchev–Trinajstić information content (AvgIpc) is 2.89. The molecule has 0 aliphatic heterocycles. The van der Waals surface area contributed by atoms with Crippen LogP contribution in [0.15, 0.2) is 24.5 Å². The van der Waals surface area contributed by atoms with Crippen LogP contribution in [0.3, 0.4) is 0 Å². The molecule has 0 spiro atoms. The zero-order valence-corrected chi connectivity index (χ0v) is 11.1. The molecule has 102 valence electrons. The Morgan fingerprint density at radius 2 is 2.35 bits per heavy atom. The number of nitrogens with one attached hydrogen (secondary N) is 1. The van der Waals surface area contributed by atoms with Crippen molar-refractivity contribution < 1.29 is 4.79 Å². The fourth-order valence-corrected chi connectivity index (χ4v) is 1.69. The normalized spacial score (nSPS) is 10.0. The molecule has 1 aromatic heterocycles. The molecular formula is C12H11ClN6O. The quantitative estimate of drug-likeness (QED) is 0.827. The van der Waals surface area contributed by atoms with Crippen LogP contribution >= 0.6 is 11.6 Å². The number of carbonyl (C=O) groups is 1. The van der Waals surface area contributed by atoms with Crippen molar-refractivity contribution in [2.24, 2.45) is 0 Å². The molecule has 1 amide bonds. The van der Waals surface area contributed by atoms with Crippen LogP contribution in [0.4, 0.5) is 11.4 Å². The third-order valence-corrected chi connectivity index (χ3v) is 2.73. The Kier molecular flexibility index (Phi) is 4.17. The molecule has 0 unspecified atom stereocenters. The number of hydrogen-bond acceptors (Lipinski definition) is 5. The highest BCUT2D eigenvalue weighted by molar-refractivity contribution is 6.31. The third kappa shape index (κ3) is 3.46. The molecule has 0 saturated heterocycles. The number of halogens is 1. The van der Waals surface area contributed by atoms with Crippen LogP contribution in [0.5, 0.6) is 0 Å². The lowest BCUT2D eigenvalue weighted by molar-refractivity contribution is -0.116. The van der Waals surface area contributed by atoms with Crippen molar-refractivity contribution in [3.63, 3.8) is 0 Å². The maximum absolute atomic E-state index is 11.8. The summed E-state index contributed by atoms with van der Waals surface area (Å²) in [7, 11) is 0. The lowest BCUT2D eigenvalue weighted by Gasteiger charge is -2.08. The summed E-state index contributed by atoms with van der Waals surface area (Å²) in [6.45, 7) is 0.320. The molecule has 3 N–H and O–H groups in total. The van der Waals surface area contributed by atoms with Crippen molar-refractivity contribution in [1.82, 2.24) is 14.8 Å². The van der Waals surface area contributed by atoms with Crippen molar-refractivity contribution in [2.45, 2.75) is 13.0 Å². The molecule has 8 heteroatoms. The monoisotopic (exact) mass is 290 g/mol. The van der Waals surface area contributed by atoms with Crippen molar-refractivity contribution in [3.05, 3.63) is 35.4 Å². The summed E-state index contributed by atoms with van der Waals surface area (Å²) in [4.78, 5) is 15.5. The number of anilines is 2. The highest BCUT2D eigenvalue weighted by atomic mass is 35.5. The van der Waals surface area contributed by atoms with Crippen molar-refractivity contribution in [3.8, 4) is 6.07 Å². The van der Waals surface area contributed by atoms with E-state index in [0.717, 1.165) is 0 Å². The highest BCUT2D eigenvalue weighted by Crippen LogP contribution is 2.22. The fourth-order valence-electron chi connectivity index (χ4n) is 1.52. The third-order valence-electron chi connectivity index (χ3n) is 2.49. The molecule has 0 aliphatic rings. The second kappa shape index (κ2) is 6.04. The molecule has 0 atom stereocenters. The zero-order chi connectivity index (χ0) is 14.5. The van der Waals surface area contributed by atoms with E-state index in [0.29, 0.717) is 22.9 Å². The maximum Gasteiger partial charge on any atom is 0.252 e. The molecule has 0 radical (unpaired) electrons. The van der Waals surface area contributed by atoms with Gasteiger partial charge in [-0.1, -0.05) is 11.6 Å². The van der Waals surface area contributed by atoms with Crippen molar-refractivity contribution >= 4 is 28.9 Å². The van der Waals surface area contributed by atoms with Gasteiger partial charge in [0.25, 0.3) is 5.82 Å². The van der Waals surface area contributed by atoms with E-state index in [-0.39, 0.29) is 18.2 Å². The molecule has 2 aromatic rings. The van der Waals surface area contributed by atoms with E-state index >= 15 is 0 Å². The Balaban J connectivity index is 1.92. The van der Waals surface area contributed by atoms with Crippen LogP contribution in [0, 0.1) is 11.3 Å². The van der Waals surface area contributed by atoms with Crippen molar-refractivity contribution in [2.75, 3.05) is 11.1 Å². The van der Waals surface area contributed by atoms with Gasteiger partial charge >= 0.3 is 0 Å². The van der Waals surface area contributed by atoms with E-state index in [2.05, 4.69) is 15.4 Å². The van der Waals surface area contributed by atoms with E-state index in [9.17, 15) is 4.79 Å². The van der Waals surface area contributed by atoms with E-state index in [1.807, 2.05) is 6.07 Å². The Morgan fingerprint density at radius 3 is 3.05 bits per heavy atom. The van der Waals surface area contributed by atoms with Crippen LogP contribution < -0.4 is 11.1 Å². The summed E-state index contributed by atoms with van der Waals surface area (Å²) in [5, 5.41) is 15.6. The number of nitrogens with two attached hydrogens (primary N) is 1. The molecular weight excluding hydrogens is 280 g/mol. The van der Waals surface area contributed by atoms with E-state index < -0.39 is 0 Å². The van der Waals surface area contributed by atoms with Crippen LogP contribution in [0.1, 0.15) is 12.2 Å². The first-order valence-corrected chi connectivity index (χ1v) is 6.10. The number of nitrogen functional groups attached to an aromatic ring is 1. The van der Waals surface area contributed by atoms with Gasteiger partial charge in [-0.25, -0.2) is 4.98 Å². The Bertz CT molecular complexity index is 675. The van der Waals surface area contributed by atoms with Gasteiger partial charge in [0.05, 0.1) is 17.9 Å². The molecule has 0 saturated carbocycles. The first kappa shape index (κ1) is 13.8. The zero-order valence-electron chi connectivity index (χ0n) is 10.4. The predicted octanol–water partition coefficient (Wildman–Crippen LogP) is 1.41. The maximum atomic E-state index is 11.8. The number of benzene rings is 1. The molecule has 2 rings (SSSR count). The minimum atomic E-state index is -0.229. The molecule has 20 heavy (non-hydrogen) atoms. The summed E-state index contributed by atoms with van der Waals surface area (Å²) >= 11 is 5.83. The van der Waals surface area contributed by atoms with E-state index in [1.165, 1.54) is 11.0 Å². The number of aryl methyl sites for hydroxylation is 1. The minimum Gasteiger partial charge on any atom is -0.397 e. The first-order valence-electron chi connectivity index (χ1n) is 5.73. The Morgan fingerprint density at radius 1 is 1.55 bits per heavy atom. The number of amides is 1. The van der Waals surface area contributed by atoms with Gasteiger partial charge in [-0.05, 0) is 18.2 Å². The molecule has 0 aliphatic carbocycles. The summed E-state index contributed by atoms with van der Waals surface area (Å²) in [5.41, 5.74) is 6.64. The second-order valence-corrected chi connectivity index (χ2v) is 4.41. The molecule has 1 heterocycles. The summed E-state index contributed by atoms with van der Waals surface area (Å²) in [6, 6.07) is 6.66. The summed E-state index contributed by atoms with van der Waals surface area (Å²) < 4.78 is 1.43. The highest BCUT2D eigenvalue weighted by Gasteiger charge is 2.07. The number of carbonyl (C=O) groups excluding carboxylic acids is 1. The number of aromatic nitrogens is 3. The molecule has 7 nitrogen and oxygen atoms in total. The van der Waals surface area contributed by atoms with Gasteiger partial charge in [0.15, 0.2) is 0 Å². The number of hydrogen-bond donors (Lipinski definition) is 2. The van der Waals surface area contributed by atoms with Gasteiger partial charge in [0.1, 0.15) is 12.4 Å². The van der Waals surface area contributed by atoms with E-state index in [4.69, 9.17) is 22.6 Å². The van der Waals surface area contributed by atoms with Gasteiger partial charge in [-0.2, -0.15) is 5.26 Å². The van der Waals surface area contributed by atoms with E-state index in [1.54, 1.807) is 18.2 Å².